The first kappa shape index (κ1) is 19.4. The number of amides is 1. The number of benzene rings is 1. The second kappa shape index (κ2) is 6.66. The fraction of sp³-hybridized carbons (Fsp3) is 0.533. The highest BCUT2D eigenvalue weighted by Crippen LogP contribution is 2.49. The average Bonchev–Trinajstić information content (AvgIpc) is 3.36. The van der Waals surface area contributed by atoms with E-state index >= 15 is 0 Å². The Hall–Kier alpha value is -1.36. The highest BCUT2D eigenvalue weighted by Gasteiger charge is 2.64. The molecule has 1 aromatic rings. The largest absolute Gasteiger partial charge is 0.411 e. The number of carbonyl (C=O) groups is 1. The number of alkyl halides is 3. The van der Waals surface area contributed by atoms with Crippen LogP contribution in [0.15, 0.2) is 29.2 Å². The third kappa shape index (κ3) is 3.55. The molecule has 1 N–H and O–H groups in total. The minimum absolute atomic E-state index is 0.0222. The number of hydrogen-bond donors (Lipinski definition) is 1. The van der Waals surface area contributed by atoms with Gasteiger partial charge in [0.2, 0.25) is 10.0 Å². The minimum Gasteiger partial charge on any atom is -0.366 e. The molecule has 11 heteroatoms. The predicted octanol–water partition coefficient (Wildman–Crippen LogP) is 1.94. The van der Waals surface area contributed by atoms with Gasteiger partial charge in [-0.3, -0.25) is 4.79 Å². The number of nitrogens with zero attached hydrogens (tertiary/aromatic N) is 1. The van der Waals surface area contributed by atoms with E-state index in [9.17, 15) is 26.4 Å². The summed E-state index contributed by atoms with van der Waals surface area (Å²) in [5.41, 5.74) is -2.22. The molecule has 1 heterocycles. The first-order valence-corrected chi connectivity index (χ1v) is 9.64. The van der Waals surface area contributed by atoms with Crippen molar-refractivity contribution in [1.29, 1.82) is 0 Å². The van der Waals surface area contributed by atoms with Gasteiger partial charge in [0.15, 0.2) is 0 Å². The molecule has 6 nitrogen and oxygen atoms in total. The molecule has 2 aliphatic rings. The van der Waals surface area contributed by atoms with E-state index in [0.29, 0.717) is 0 Å². The van der Waals surface area contributed by atoms with E-state index in [0.717, 1.165) is 4.31 Å². The summed E-state index contributed by atoms with van der Waals surface area (Å²) in [6.45, 7) is -0.518. The van der Waals surface area contributed by atoms with E-state index in [1.54, 1.807) is 6.07 Å². The summed E-state index contributed by atoms with van der Waals surface area (Å²) in [5.74, 6) is -0.973. The van der Waals surface area contributed by atoms with E-state index < -0.39 is 33.7 Å². The van der Waals surface area contributed by atoms with Crippen LogP contribution >= 0.6 is 11.6 Å². The van der Waals surface area contributed by atoms with Gasteiger partial charge in [0, 0.05) is 13.1 Å². The van der Waals surface area contributed by atoms with Crippen LogP contribution in [0.1, 0.15) is 12.8 Å². The van der Waals surface area contributed by atoms with E-state index in [2.05, 4.69) is 0 Å². The van der Waals surface area contributed by atoms with Crippen molar-refractivity contribution in [1.82, 2.24) is 9.62 Å². The van der Waals surface area contributed by atoms with Crippen molar-refractivity contribution in [3.63, 3.8) is 0 Å². The number of halogens is 4. The fourth-order valence-corrected chi connectivity index (χ4v) is 4.63. The van der Waals surface area contributed by atoms with Crippen molar-refractivity contribution < 1.29 is 31.1 Å². The summed E-state index contributed by atoms with van der Waals surface area (Å²) in [6.07, 6.45) is -6.27. The molecular weight excluding hydrogens is 397 g/mol. The van der Waals surface area contributed by atoms with Crippen LogP contribution in [0.4, 0.5) is 13.2 Å². The molecule has 26 heavy (non-hydrogen) atoms. The van der Waals surface area contributed by atoms with Gasteiger partial charge in [-0.2, -0.15) is 17.5 Å². The summed E-state index contributed by atoms with van der Waals surface area (Å²) < 4.78 is 70.5. The van der Waals surface area contributed by atoms with Crippen LogP contribution in [0.25, 0.3) is 0 Å². The molecular formula is C15H16ClF3N2O4S. The van der Waals surface area contributed by atoms with Crippen LogP contribution in [0.2, 0.25) is 5.02 Å². The van der Waals surface area contributed by atoms with Crippen LogP contribution in [0.3, 0.4) is 0 Å². The molecule has 0 bridgehead atoms. The normalized spacial score (nSPS) is 23.5. The lowest BCUT2D eigenvalue weighted by Crippen LogP contribution is -2.56. The lowest BCUT2D eigenvalue weighted by molar-refractivity contribution is -0.174. The Labute approximate surface area is 153 Å². The third-order valence-electron chi connectivity index (χ3n) is 4.43. The molecule has 1 aliphatic carbocycles. The number of morpholine rings is 1. The zero-order valence-corrected chi connectivity index (χ0v) is 15.0. The van der Waals surface area contributed by atoms with Crippen LogP contribution in [0, 0.1) is 0 Å². The average molecular weight is 413 g/mol. The maximum atomic E-state index is 13.0. The number of carbonyl (C=O) groups excluding carboxylic acids is 1. The van der Waals surface area contributed by atoms with Crippen LogP contribution in [0.5, 0.6) is 0 Å². The zero-order valence-electron chi connectivity index (χ0n) is 13.4. The van der Waals surface area contributed by atoms with Crippen molar-refractivity contribution >= 4 is 27.5 Å². The predicted molar refractivity (Wildman–Crippen MR) is 86.1 cm³/mol. The van der Waals surface area contributed by atoms with Crippen molar-refractivity contribution in [3.8, 4) is 0 Å². The highest BCUT2D eigenvalue weighted by molar-refractivity contribution is 7.89. The standard InChI is InChI=1S/C15H16ClF3N2O4S/c16-10-3-1-2-4-12(10)26(23,24)21-7-8-25-11(9-21)13(22)20-14(5-6-14)15(17,18)19/h1-4,11H,5-9H2,(H,20,22)/t11-/m0/s1. The number of nitrogens with one attached hydrogen (secondary N) is 1. The lowest BCUT2D eigenvalue weighted by Gasteiger charge is -2.32. The Bertz CT molecular complexity index is 811. The van der Waals surface area contributed by atoms with Crippen LogP contribution in [-0.4, -0.2) is 56.1 Å². The molecule has 3 rings (SSSR count). The lowest BCUT2D eigenvalue weighted by atomic mass is 10.2. The van der Waals surface area contributed by atoms with Crippen molar-refractivity contribution in [2.45, 2.75) is 35.6 Å². The first-order chi connectivity index (χ1) is 12.1. The summed E-state index contributed by atoms with van der Waals surface area (Å²) in [6, 6.07) is 5.82. The Morgan fingerprint density at radius 3 is 2.54 bits per heavy atom. The minimum atomic E-state index is -4.55. The van der Waals surface area contributed by atoms with Crippen LogP contribution < -0.4 is 5.32 Å². The summed E-state index contributed by atoms with van der Waals surface area (Å²) in [4.78, 5) is 12.1. The molecule has 1 amide bonds. The fourth-order valence-electron chi connectivity index (χ4n) is 2.72. The zero-order chi connectivity index (χ0) is 19.2. The van der Waals surface area contributed by atoms with Gasteiger partial charge < -0.3 is 10.1 Å². The highest BCUT2D eigenvalue weighted by atomic mass is 35.5. The van der Waals surface area contributed by atoms with Gasteiger partial charge in [0.1, 0.15) is 16.5 Å². The molecule has 1 saturated heterocycles. The van der Waals surface area contributed by atoms with Crippen molar-refractivity contribution in [2.75, 3.05) is 19.7 Å². The maximum absolute atomic E-state index is 13.0. The van der Waals surface area contributed by atoms with Gasteiger partial charge in [0.05, 0.1) is 11.6 Å². The van der Waals surface area contributed by atoms with Gasteiger partial charge in [0.25, 0.3) is 5.91 Å². The quantitative estimate of drug-likeness (QED) is 0.820. The number of hydrogen-bond acceptors (Lipinski definition) is 4. The molecule has 0 spiro atoms. The third-order valence-corrected chi connectivity index (χ3v) is 6.80. The van der Waals surface area contributed by atoms with Gasteiger partial charge in [-0.15, -0.1) is 0 Å². The van der Waals surface area contributed by atoms with E-state index in [1.165, 1.54) is 18.2 Å². The molecule has 0 aromatic heterocycles. The van der Waals surface area contributed by atoms with Gasteiger partial charge in [-0.25, -0.2) is 8.42 Å². The number of ether oxygens (including phenoxy) is 1. The van der Waals surface area contributed by atoms with Gasteiger partial charge in [-0.1, -0.05) is 23.7 Å². The summed E-state index contributed by atoms with van der Waals surface area (Å²) in [7, 11) is -4.00. The van der Waals surface area contributed by atoms with Gasteiger partial charge in [-0.05, 0) is 25.0 Å². The molecule has 1 aliphatic heterocycles. The topological polar surface area (TPSA) is 75.7 Å². The molecule has 1 atom stereocenters. The SMILES string of the molecule is O=C(NC1(C(F)(F)F)CC1)[C@@H]1CN(S(=O)(=O)c2ccccc2Cl)CCO1. The maximum Gasteiger partial charge on any atom is 0.411 e. The van der Waals surface area contributed by atoms with Crippen molar-refractivity contribution in [3.05, 3.63) is 29.3 Å². The second-order valence-corrected chi connectivity index (χ2v) is 8.54. The molecule has 0 unspecified atom stereocenters. The Morgan fingerprint density at radius 2 is 1.96 bits per heavy atom. The summed E-state index contributed by atoms with van der Waals surface area (Å²) >= 11 is 5.93. The van der Waals surface area contributed by atoms with E-state index in [1.807, 2.05) is 5.32 Å². The molecule has 0 radical (unpaired) electrons. The Morgan fingerprint density at radius 1 is 1.31 bits per heavy atom. The first-order valence-electron chi connectivity index (χ1n) is 7.82. The van der Waals surface area contributed by atoms with E-state index in [-0.39, 0.29) is 42.5 Å². The molecule has 144 valence electrons. The van der Waals surface area contributed by atoms with Gasteiger partial charge >= 0.3 is 6.18 Å². The smallest absolute Gasteiger partial charge is 0.366 e. The van der Waals surface area contributed by atoms with Crippen LogP contribution in [-0.2, 0) is 19.6 Å². The Kier molecular flexibility index (Phi) is 4.97. The number of rotatable bonds is 4. The monoisotopic (exact) mass is 412 g/mol. The van der Waals surface area contributed by atoms with E-state index in [4.69, 9.17) is 16.3 Å². The molecule has 2 fully saturated rings. The second-order valence-electron chi connectivity index (χ2n) is 6.22. The van der Waals surface area contributed by atoms with Crippen molar-refractivity contribution in [2.24, 2.45) is 0 Å². The molecule has 1 aromatic carbocycles. The Balaban J connectivity index is 1.74. The summed E-state index contributed by atoms with van der Waals surface area (Å²) in [5, 5.41) is 1.99. The molecule has 1 saturated carbocycles. The number of sulfonamides is 1.